The van der Waals surface area contributed by atoms with Gasteiger partial charge >= 0.3 is 6.18 Å². The zero-order valence-corrected chi connectivity index (χ0v) is 17.3. The Labute approximate surface area is 167 Å². The standard InChI is InChI=1S/C14H18BrF3N4O5S/c1-7(14(16,17)18)27-10-4-9(20-5-8(10)15)11(23)21-13(2,12(19)22-24)6-28(3,25)26/h4-5,7,24H,6H2,1-3H3,(H2,19,22)(H,21,23)/t7-,13?/m0/s1. The average Bonchev–Trinajstić information content (AvgIpc) is 2.53. The molecule has 0 spiro atoms. The van der Waals surface area contributed by atoms with Crippen molar-refractivity contribution in [2.45, 2.75) is 31.7 Å². The van der Waals surface area contributed by atoms with Crippen molar-refractivity contribution in [1.29, 1.82) is 0 Å². The lowest BCUT2D eigenvalue weighted by molar-refractivity contribution is -0.189. The molecule has 0 bridgehead atoms. The van der Waals surface area contributed by atoms with Crippen molar-refractivity contribution in [3.8, 4) is 5.75 Å². The van der Waals surface area contributed by atoms with Crippen molar-refractivity contribution in [2.24, 2.45) is 10.9 Å². The van der Waals surface area contributed by atoms with Crippen LogP contribution in [0.1, 0.15) is 24.3 Å². The highest BCUT2D eigenvalue weighted by molar-refractivity contribution is 9.10. The van der Waals surface area contributed by atoms with E-state index in [0.29, 0.717) is 0 Å². The fourth-order valence-corrected chi connectivity index (χ4v) is 3.59. The molecule has 0 aromatic carbocycles. The maximum atomic E-state index is 12.7. The second-order valence-corrected chi connectivity index (χ2v) is 9.14. The van der Waals surface area contributed by atoms with Gasteiger partial charge in [0.1, 0.15) is 26.8 Å². The molecule has 0 radical (unpaired) electrons. The summed E-state index contributed by atoms with van der Waals surface area (Å²) in [6, 6.07) is 0.939. The molecular formula is C14H18BrF3N4O5S. The van der Waals surface area contributed by atoms with Crippen molar-refractivity contribution in [2.75, 3.05) is 12.0 Å². The number of rotatable bonds is 7. The van der Waals surface area contributed by atoms with Crippen LogP contribution in [0.2, 0.25) is 0 Å². The molecule has 14 heteroatoms. The van der Waals surface area contributed by atoms with Crippen LogP contribution in [0, 0.1) is 0 Å². The third-order valence-corrected chi connectivity index (χ3v) is 5.13. The Morgan fingerprint density at radius 2 is 2.07 bits per heavy atom. The Bertz CT molecular complexity index is 878. The number of nitrogens with zero attached hydrogens (tertiary/aromatic N) is 2. The van der Waals surface area contributed by atoms with E-state index in [9.17, 15) is 26.4 Å². The van der Waals surface area contributed by atoms with Crippen LogP contribution in [0.4, 0.5) is 13.2 Å². The van der Waals surface area contributed by atoms with E-state index < -0.39 is 45.2 Å². The number of nitrogens with two attached hydrogens (primary N) is 1. The first kappa shape index (κ1) is 23.9. The highest BCUT2D eigenvalue weighted by Crippen LogP contribution is 2.30. The quantitative estimate of drug-likeness (QED) is 0.227. The molecule has 2 atom stereocenters. The van der Waals surface area contributed by atoms with E-state index >= 15 is 0 Å². The molecule has 1 rings (SSSR count). The first-order chi connectivity index (χ1) is 12.6. The Morgan fingerprint density at radius 3 is 2.54 bits per heavy atom. The highest BCUT2D eigenvalue weighted by Gasteiger charge is 2.39. The van der Waals surface area contributed by atoms with Crippen LogP contribution in [-0.2, 0) is 9.84 Å². The monoisotopic (exact) mass is 490 g/mol. The number of pyridine rings is 1. The maximum Gasteiger partial charge on any atom is 0.425 e. The Kier molecular flexibility index (Phi) is 7.28. The molecule has 4 N–H and O–H groups in total. The second-order valence-electron chi connectivity index (χ2n) is 6.14. The molecule has 0 saturated heterocycles. The molecule has 1 unspecified atom stereocenters. The Balaban J connectivity index is 3.19. The number of halogens is 4. The lowest BCUT2D eigenvalue weighted by Crippen LogP contribution is -2.59. The van der Waals surface area contributed by atoms with Gasteiger partial charge in [-0.15, -0.1) is 0 Å². The fourth-order valence-electron chi connectivity index (χ4n) is 2.02. The van der Waals surface area contributed by atoms with Gasteiger partial charge in [-0.25, -0.2) is 13.4 Å². The van der Waals surface area contributed by atoms with E-state index in [1.54, 1.807) is 0 Å². The average molecular weight is 491 g/mol. The first-order valence-corrected chi connectivity index (χ1v) is 10.3. The first-order valence-electron chi connectivity index (χ1n) is 7.46. The SMILES string of the molecule is C[C@H](Oc1cc(C(=O)NC(C)(CS(C)(=O)=O)/C(N)=N\O)ncc1Br)C(F)(F)F. The number of carbonyl (C=O) groups excluding carboxylic acids is 1. The summed E-state index contributed by atoms with van der Waals surface area (Å²) < 4.78 is 66.2. The maximum absolute atomic E-state index is 12.7. The van der Waals surface area contributed by atoms with Gasteiger partial charge in [0.2, 0.25) is 0 Å². The van der Waals surface area contributed by atoms with Crippen LogP contribution < -0.4 is 15.8 Å². The number of sulfone groups is 1. The summed E-state index contributed by atoms with van der Waals surface area (Å²) in [5, 5.41) is 13.9. The number of aromatic nitrogens is 1. The molecule has 1 heterocycles. The van der Waals surface area contributed by atoms with Crippen molar-refractivity contribution in [3.63, 3.8) is 0 Å². The van der Waals surface area contributed by atoms with Gasteiger partial charge in [0.15, 0.2) is 11.9 Å². The number of hydrogen-bond acceptors (Lipinski definition) is 7. The predicted molar refractivity (Wildman–Crippen MR) is 97.1 cm³/mol. The summed E-state index contributed by atoms with van der Waals surface area (Å²) in [6.07, 6.45) is -4.87. The summed E-state index contributed by atoms with van der Waals surface area (Å²) in [7, 11) is -3.68. The third kappa shape index (κ3) is 6.51. The van der Waals surface area contributed by atoms with E-state index in [0.717, 1.165) is 25.4 Å². The molecule has 1 amide bonds. The van der Waals surface area contributed by atoms with E-state index in [1.807, 2.05) is 0 Å². The minimum Gasteiger partial charge on any atom is -0.480 e. The summed E-state index contributed by atoms with van der Waals surface area (Å²) in [5.74, 6) is -2.58. The van der Waals surface area contributed by atoms with Gasteiger partial charge in [-0.3, -0.25) is 4.79 Å². The minimum atomic E-state index is -4.63. The summed E-state index contributed by atoms with van der Waals surface area (Å²) >= 11 is 2.97. The molecule has 28 heavy (non-hydrogen) atoms. The van der Waals surface area contributed by atoms with Gasteiger partial charge in [-0.1, -0.05) is 5.16 Å². The van der Waals surface area contributed by atoms with Gasteiger partial charge in [-0.2, -0.15) is 13.2 Å². The number of nitrogens with one attached hydrogen (secondary N) is 1. The molecular weight excluding hydrogens is 473 g/mol. The Morgan fingerprint density at radius 1 is 1.50 bits per heavy atom. The molecule has 1 aromatic heterocycles. The largest absolute Gasteiger partial charge is 0.480 e. The van der Waals surface area contributed by atoms with Gasteiger partial charge in [0.05, 0.1) is 10.2 Å². The van der Waals surface area contributed by atoms with Crippen molar-refractivity contribution in [1.82, 2.24) is 10.3 Å². The molecule has 0 aliphatic carbocycles. The predicted octanol–water partition coefficient (Wildman–Crippen LogP) is 1.45. The molecule has 1 aromatic rings. The van der Waals surface area contributed by atoms with E-state index in [-0.39, 0.29) is 15.9 Å². The minimum absolute atomic E-state index is 0.0653. The smallest absolute Gasteiger partial charge is 0.425 e. The molecule has 9 nitrogen and oxygen atoms in total. The summed E-state index contributed by atoms with van der Waals surface area (Å²) in [6.45, 7) is 1.98. The number of alkyl halides is 3. The lowest BCUT2D eigenvalue weighted by Gasteiger charge is -2.28. The van der Waals surface area contributed by atoms with Crippen LogP contribution in [0.3, 0.4) is 0 Å². The number of amides is 1. The number of oxime groups is 1. The van der Waals surface area contributed by atoms with Crippen molar-refractivity contribution in [3.05, 3.63) is 22.4 Å². The van der Waals surface area contributed by atoms with E-state index in [1.165, 1.54) is 6.92 Å². The van der Waals surface area contributed by atoms with Gasteiger partial charge in [-0.05, 0) is 29.8 Å². The zero-order chi connectivity index (χ0) is 21.9. The van der Waals surface area contributed by atoms with Crippen molar-refractivity contribution < 1.29 is 36.3 Å². The van der Waals surface area contributed by atoms with Crippen molar-refractivity contribution >= 4 is 37.5 Å². The third-order valence-electron chi connectivity index (χ3n) is 3.43. The molecule has 0 aliphatic rings. The zero-order valence-electron chi connectivity index (χ0n) is 14.9. The topological polar surface area (TPSA) is 144 Å². The fraction of sp³-hybridized carbons (Fsp3) is 0.500. The van der Waals surface area contributed by atoms with E-state index in [4.69, 9.17) is 15.7 Å². The second kappa shape index (κ2) is 8.51. The number of hydrogen-bond donors (Lipinski definition) is 3. The molecule has 0 aliphatic heterocycles. The van der Waals surface area contributed by atoms with Crippen LogP contribution >= 0.6 is 15.9 Å². The number of ether oxygens (including phenoxy) is 1. The number of carbonyl (C=O) groups is 1. The van der Waals surface area contributed by atoms with Crippen LogP contribution in [0.5, 0.6) is 5.75 Å². The summed E-state index contributed by atoms with van der Waals surface area (Å²) in [5.41, 5.74) is 3.32. The van der Waals surface area contributed by atoms with Crippen LogP contribution in [0.15, 0.2) is 21.9 Å². The number of amidine groups is 1. The molecule has 158 valence electrons. The van der Waals surface area contributed by atoms with Crippen LogP contribution in [0.25, 0.3) is 0 Å². The van der Waals surface area contributed by atoms with Gasteiger partial charge in [0, 0.05) is 18.5 Å². The Hall–Kier alpha value is -2.09. The van der Waals surface area contributed by atoms with E-state index in [2.05, 4.69) is 31.4 Å². The van der Waals surface area contributed by atoms with Gasteiger partial charge < -0.3 is 21.0 Å². The lowest BCUT2D eigenvalue weighted by atomic mass is 10.0. The van der Waals surface area contributed by atoms with Gasteiger partial charge in [0.25, 0.3) is 5.91 Å². The molecule has 0 fully saturated rings. The highest BCUT2D eigenvalue weighted by atomic mass is 79.9. The molecule has 0 saturated carbocycles. The normalized spacial score (nSPS) is 16.2. The van der Waals surface area contributed by atoms with Crippen LogP contribution in [-0.4, -0.2) is 60.2 Å². The summed E-state index contributed by atoms with van der Waals surface area (Å²) in [4.78, 5) is 16.2.